The van der Waals surface area contributed by atoms with E-state index in [2.05, 4.69) is 5.32 Å². The van der Waals surface area contributed by atoms with Gasteiger partial charge in [0, 0.05) is 0 Å². The van der Waals surface area contributed by atoms with Gasteiger partial charge >= 0.3 is 19.5 Å². The molecule has 0 fully saturated rings. The molecule has 0 saturated carbocycles. The summed E-state index contributed by atoms with van der Waals surface area (Å²) in [5.74, 6) is 0. The van der Waals surface area contributed by atoms with Crippen LogP contribution in [0.15, 0.2) is 5.70 Å². The van der Waals surface area contributed by atoms with E-state index in [0.717, 1.165) is 0 Å². The first-order valence-electron chi connectivity index (χ1n) is 2.43. The minimum absolute atomic E-state index is 0. The third-order valence-corrected chi connectivity index (χ3v) is 0.462. The molecular weight excluding hydrogens is 199 g/mol. The third-order valence-electron chi connectivity index (χ3n) is 0.462. The molecular formula is C7H14NRu. The fraction of sp³-hybridized carbons (Fsp3) is 0.571. The Morgan fingerprint density at radius 2 is 1.78 bits per heavy atom. The van der Waals surface area contributed by atoms with E-state index in [9.17, 15) is 0 Å². The minimum atomic E-state index is 0. The summed E-state index contributed by atoms with van der Waals surface area (Å²) in [7, 11) is 0. The van der Waals surface area contributed by atoms with Crippen LogP contribution in [0, 0.1) is 14.0 Å². The van der Waals surface area contributed by atoms with Gasteiger partial charge in [0.05, 0.1) is 0 Å². The smallest absolute Gasteiger partial charge is 0.716 e. The van der Waals surface area contributed by atoms with Gasteiger partial charge in [0.15, 0.2) is 0 Å². The molecule has 0 saturated heterocycles. The summed E-state index contributed by atoms with van der Waals surface area (Å²) in [6.07, 6.45) is 0. The van der Waals surface area contributed by atoms with E-state index in [1.165, 1.54) is 0 Å². The molecule has 0 aromatic carbocycles. The van der Waals surface area contributed by atoms with Crippen molar-refractivity contribution < 1.29 is 19.5 Å². The second-order valence-electron chi connectivity index (χ2n) is 1.86. The fourth-order valence-corrected chi connectivity index (χ4v) is 0.407. The maximum absolute atomic E-state index is 5.24. The van der Waals surface area contributed by atoms with Crippen molar-refractivity contribution in [2.45, 2.75) is 26.8 Å². The van der Waals surface area contributed by atoms with Gasteiger partial charge in [0.1, 0.15) is 0 Å². The fourth-order valence-electron chi connectivity index (χ4n) is 0.407. The molecule has 1 radical (unpaired) electrons. The Balaban J connectivity index is -0.000000180. The number of nitrogens with zero attached hydrogens (tertiary/aromatic N) is 1. The molecule has 0 aromatic heterocycles. The van der Waals surface area contributed by atoms with Crippen molar-refractivity contribution in [1.29, 1.82) is 0 Å². The molecule has 0 atom stereocenters. The standard InChI is InChI=1S/C6H11N.CH3.Ru/c1-5(2)7-6(3)4;;/h1,6H,2-4H3;1H3;/q-2;-1;+3. The summed E-state index contributed by atoms with van der Waals surface area (Å²) < 4.78 is 0. The second kappa shape index (κ2) is 8.16. The van der Waals surface area contributed by atoms with Gasteiger partial charge in [-0.2, -0.15) is 0 Å². The topological polar surface area (TPSA) is 14.1 Å². The molecule has 0 rings (SSSR count). The molecule has 0 aromatic rings. The van der Waals surface area contributed by atoms with Gasteiger partial charge in [-0.3, -0.25) is 0 Å². The van der Waals surface area contributed by atoms with Crippen LogP contribution in [-0.2, 0) is 19.5 Å². The van der Waals surface area contributed by atoms with Gasteiger partial charge < -0.3 is 25.0 Å². The van der Waals surface area contributed by atoms with Gasteiger partial charge in [0.2, 0.25) is 0 Å². The van der Waals surface area contributed by atoms with Crippen molar-refractivity contribution >= 4 is 0 Å². The molecule has 0 bridgehead atoms. The van der Waals surface area contributed by atoms with Crippen molar-refractivity contribution in [2.24, 2.45) is 0 Å². The largest absolute Gasteiger partial charge is 3.00 e. The zero-order valence-electron chi connectivity index (χ0n) is 6.46. The van der Waals surface area contributed by atoms with Crippen LogP contribution >= 0.6 is 0 Å². The first kappa shape index (κ1) is 16.1. The molecule has 0 spiro atoms. The predicted molar refractivity (Wildman–Crippen MR) is 38.4 cm³/mol. The van der Waals surface area contributed by atoms with Crippen LogP contribution in [0.25, 0.3) is 5.32 Å². The quantitative estimate of drug-likeness (QED) is 0.494. The Labute approximate surface area is 71.7 Å². The van der Waals surface area contributed by atoms with E-state index < -0.39 is 0 Å². The summed E-state index contributed by atoms with van der Waals surface area (Å²) in [4.78, 5) is 0. The van der Waals surface area contributed by atoms with Crippen molar-refractivity contribution in [1.82, 2.24) is 0 Å². The zero-order chi connectivity index (χ0) is 5.86. The maximum atomic E-state index is 5.24. The molecule has 0 unspecified atom stereocenters. The minimum Gasteiger partial charge on any atom is -0.716 e. The Bertz CT molecular complexity index is 69.3. The maximum Gasteiger partial charge on any atom is 3.00 e. The summed E-state index contributed by atoms with van der Waals surface area (Å²) in [5, 5.41) is 3.97. The van der Waals surface area contributed by atoms with E-state index in [4.69, 9.17) is 6.58 Å². The number of hydrogen-bond donors (Lipinski definition) is 0. The summed E-state index contributed by atoms with van der Waals surface area (Å²) >= 11 is 0. The van der Waals surface area contributed by atoms with E-state index in [1.54, 1.807) is 6.92 Å². The molecule has 0 aliphatic heterocycles. The number of rotatable bonds is 2. The zero-order valence-corrected chi connectivity index (χ0v) is 8.19. The summed E-state index contributed by atoms with van der Waals surface area (Å²) in [6.45, 7) is 11.0. The molecule has 55 valence electrons. The first-order chi connectivity index (χ1) is 3.13. The van der Waals surface area contributed by atoms with Crippen LogP contribution in [0.4, 0.5) is 0 Å². The average Bonchev–Trinajstić information content (AvgIpc) is 1.27. The Kier molecular flexibility index (Phi) is 14.6. The van der Waals surface area contributed by atoms with Crippen LogP contribution in [-0.4, -0.2) is 6.04 Å². The Morgan fingerprint density at radius 1 is 1.44 bits per heavy atom. The second-order valence-corrected chi connectivity index (χ2v) is 1.86. The normalized spacial score (nSPS) is 7.11. The SMILES string of the molecule is [CH-]=C(C)[N-]C(C)C.[CH3-].[Ru+3]. The van der Waals surface area contributed by atoms with Crippen LogP contribution in [0.1, 0.15) is 20.8 Å². The van der Waals surface area contributed by atoms with Crippen LogP contribution < -0.4 is 0 Å². The van der Waals surface area contributed by atoms with Gasteiger partial charge in [-0.05, 0) is 0 Å². The molecule has 9 heavy (non-hydrogen) atoms. The molecule has 0 amide bonds. The summed E-state index contributed by atoms with van der Waals surface area (Å²) in [5.41, 5.74) is 0.662. The molecule has 1 nitrogen and oxygen atoms in total. The van der Waals surface area contributed by atoms with E-state index >= 15 is 0 Å². The average molecular weight is 213 g/mol. The van der Waals surface area contributed by atoms with E-state index in [1.807, 2.05) is 13.8 Å². The van der Waals surface area contributed by atoms with Gasteiger partial charge in [-0.1, -0.05) is 20.8 Å². The van der Waals surface area contributed by atoms with Gasteiger partial charge in [-0.25, -0.2) is 0 Å². The van der Waals surface area contributed by atoms with Gasteiger partial charge in [0.25, 0.3) is 0 Å². The van der Waals surface area contributed by atoms with Crippen molar-refractivity contribution in [3.05, 3.63) is 25.0 Å². The number of hydrogen-bond acceptors (Lipinski definition) is 0. The molecule has 0 aliphatic rings. The third kappa shape index (κ3) is 17.9. The molecule has 0 aliphatic carbocycles. The van der Waals surface area contributed by atoms with Crippen LogP contribution in [0.2, 0.25) is 0 Å². The van der Waals surface area contributed by atoms with Crippen LogP contribution in [0.5, 0.6) is 0 Å². The van der Waals surface area contributed by atoms with Crippen molar-refractivity contribution in [3.8, 4) is 0 Å². The Hall–Kier alpha value is 0.163. The Morgan fingerprint density at radius 3 is 1.78 bits per heavy atom. The van der Waals surface area contributed by atoms with Crippen molar-refractivity contribution in [3.63, 3.8) is 0 Å². The van der Waals surface area contributed by atoms with Crippen molar-refractivity contribution in [2.75, 3.05) is 0 Å². The first-order valence-corrected chi connectivity index (χ1v) is 2.43. The van der Waals surface area contributed by atoms with Gasteiger partial charge in [-0.15, -0.1) is 6.04 Å². The monoisotopic (exact) mass is 214 g/mol. The summed E-state index contributed by atoms with van der Waals surface area (Å²) in [6, 6.07) is 0.338. The molecule has 2 heteroatoms. The predicted octanol–water partition coefficient (Wildman–Crippen LogP) is 2.55. The van der Waals surface area contributed by atoms with Crippen LogP contribution in [0.3, 0.4) is 0 Å². The van der Waals surface area contributed by atoms with E-state index in [-0.39, 0.29) is 26.9 Å². The number of allylic oxidation sites excluding steroid dienone is 1. The molecule has 0 N–H and O–H groups in total. The molecule has 0 heterocycles. The van der Waals surface area contributed by atoms with E-state index in [0.29, 0.717) is 11.7 Å².